The van der Waals surface area contributed by atoms with Gasteiger partial charge in [-0.25, -0.2) is 15.0 Å². The van der Waals surface area contributed by atoms with E-state index in [0.29, 0.717) is 28.0 Å². The summed E-state index contributed by atoms with van der Waals surface area (Å²) < 4.78 is 5.73. The van der Waals surface area contributed by atoms with Crippen LogP contribution in [0, 0.1) is 6.92 Å². The van der Waals surface area contributed by atoms with Gasteiger partial charge in [-0.2, -0.15) is 0 Å². The standard InChI is InChI=1S/C18H16N4O2S/c1-11-10-24-14-7-4-3-6-13(14)22(11)18(23)15-12(2)21-17(25-15)16-19-8-5-9-20-16/h3-9,11H,10H2,1-2H3. The summed E-state index contributed by atoms with van der Waals surface area (Å²) in [5.41, 5.74) is 1.48. The third-order valence-corrected chi connectivity index (χ3v) is 5.15. The Hall–Kier alpha value is -2.80. The molecular weight excluding hydrogens is 336 g/mol. The number of ether oxygens (including phenoxy) is 1. The Labute approximate surface area is 149 Å². The smallest absolute Gasteiger partial charge is 0.270 e. The maximum Gasteiger partial charge on any atom is 0.270 e. The molecule has 4 rings (SSSR count). The van der Waals surface area contributed by atoms with Crippen LogP contribution in [-0.4, -0.2) is 33.5 Å². The van der Waals surface area contributed by atoms with Crippen molar-refractivity contribution >= 4 is 22.9 Å². The average Bonchev–Trinajstić information content (AvgIpc) is 3.04. The number of carbonyl (C=O) groups excluding carboxylic acids is 1. The molecule has 25 heavy (non-hydrogen) atoms. The van der Waals surface area contributed by atoms with E-state index in [1.807, 2.05) is 38.1 Å². The van der Waals surface area contributed by atoms with Gasteiger partial charge in [-0.15, -0.1) is 11.3 Å². The summed E-state index contributed by atoms with van der Waals surface area (Å²) in [6, 6.07) is 9.29. The maximum atomic E-state index is 13.2. The number of amides is 1. The summed E-state index contributed by atoms with van der Waals surface area (Å²) in [6.07, 6.45) is 3.34. The molecule has 3 heterocycles. The topological polar surface area (TPSA) is 68.2 Å². The van der Waals surface area contributed by atoms with Crippen molar-refractivity contribution in [3.05, 3.63) is 53.3 Å². The zero-order chi connectivity index (χ0) is 17.4. The number of para-hydroxylation sites is 2. The lowest BCUT2D eigenvalue weighted by molar-refractivity contribution is 0.0964. The van der Waals surface area contributed by atoms with Crippen molar-refractivity contribution in [1.82, 2.24) is 15.0 Å². The monoisotopic (exact) mass is 352 g/mol. The van der Waals surface area contributed by atoms with Crippen molar-refractivity contribution in [2.24, 2.45) is 0 Å². The first kappa shape index (κ1) is 15.7. The first-order valence-corrected chi connectivity index (χ1v) is 8.77. The van der Waals surface area contributed by atoms with Gasteiger partial charge in [-0.1, -0.05) is 12.1 Å². The van der Waals surface area contributed by atoms with Crippen LogP contribution in [-0.2, 0) is 0 Å². The van der Waals surface area contributed by atoms with Crippen molar-refractivity contribution in [2.75, 3.05) is 11.5 Å². The minimum Gasteiger partial charge on any atom is -0.489 e. The zero-order valence-corrected chi connectivity index (χ0v) is 14.7. The minimum atomic E-state index is -0.0690. The van der Waals surface area contributed by atoms with Crippen LogP contribution in [0.4, 0.5) is 5.69 Å². The predicted molar refractivity (Wildman–Crippen MR) is 96.1 cm³/mol. The Bertz CT molecular complexity index is 926. The second kappa shape index (κ2) is 6.25. The Morgan fingerprint density at radius 3 is 2.80 bits per heavy atom. The lowest BCUT2D eigenvalue weighted by atomic mass is 10.1. The molecular formula is C18H16N4O2S. The van der Waals surface area contributed by atoms with E-state index < -0.39 is 0 Å². The summed E-state index contributed by atoms with van der Waals surface area (Å²) in [5.74, 6) is 1.19. The number of fused-ring (bicyclic) bond motifs is 1. The van der Waals surface area contributed by atoms with Crippen LogP contribution >= 0.6 is 11.3 Å². The Balaban J connectivity index is 1.74. The summed E-state index contributed by atoms with van der Waals surface area (Å²) in [5, 5.41) is 0.649. The number of hydrogen-bond donors (Lipinski definition) is 0. The second-order valence-electron chi connectivity index (χ2n) is 5.81. The molecule has 0 fully saturated rings. The highest BCUT2D eigenvalue weighted by Gasteiger charge is 2.32. The molecule has 1 unspecified atom stereocenters. The molecule has 1 amide bonds. The van der Waals surface area contributed by atoms with Crippen LogP contribution in [0.5, 0.6) is 5.75 Å². The number of anilines is 1. The van der Waals surface area contributed by atoms with Gasteiger partial charge in [-0.3, -0.25) is 9.69 Å². The lowest BCUT2D eigenvalue weighted by Crippen LogP contribution is -2.45. The first-order chi connectivity index (χ1) is 12.1. The van der Waals surface area contributed by atoms with E-state index in [1.54, 1.807) is 23.4 Å². The number of aryl methyl sites for hydroxylation is 1. The third kappa shape index (κ3) is 2.76. The van der Waals surface area contributed by atoms with E-state index >= 15 is 0 Å². The highest BCUT2D eigenvalue weighted by atomic mass is 32.1. The van der Waals surface area contributed by atoms with E-state index in [-0.39, 0.29) is 11.9 Å². The number of aromatic nitrogens is 3. The highest BCUT2D eigenvalue weighted by Crippen LogP contribution is 2.36. The Morgan fingerprint density at radius 2 is 2.00 bits per heavy atom. The van der Waals surface area contributed by atoms with Crippen LogP contribution in [0.3, 0.4) is 0 Å². The van der Waals surface area contributed by atoms with Gasteiger partial charge >= 0.3 is 0 Å². The van der Waals surface area contributed by atoms with E-state index in [4.69, 9.17) is 4.74 Å². The fourth-order valence-corrected chi connectivity index (χ4v) is 3.77. The molecule has 126 valence electrons. The summed E-state index contributed by atoms with van der Waals surface area (Å²) in [6.45, 7) is 4.29. The van der Waals surface area contributed by atoms with Crippen molar-refractivity contribution in [3.8, 4) is 16.6 Å². The molecule has 0 saturated heterocycles. The molecule has 1 aromatic carbocycles. The van der Waals surface area contributed by atoms with Crippen molar-refractivity contribution < 1.29 is 9.53 Å². The fourth-order valence-electron chi connectivity index (χ4n) is 2.82. The van der Waals surface area contributed by atoms with Crippen LogP contribution in [0.1, 0.15) is 22.3 Å². The SMILES string of the molecule is Cc1nc(-c2ncccn2)sc1C(=O)N1c2ccccc2OCC1C. The van der Waals surface area contributed by atoms with Gasteiger partial charge in [0.25, 0.3) is 5.91 Å². The normalized spacial score (nSPS) is 16.2. The molecule has 7 heteroatoms. The number of nitrogens with zero attached hydrogens (tertiary/aromatic N) is 4. The van der Waals surface area contributed by atoms with Gasteiger partial charge < -0.3 is 4.74 Å². The molecule has 0 radical (unpaired) electrons. The molecule has 0 saturated carbocycles. The van der Waals surface area contributed by atoms with Crippen LogP contribution in [0.25, 0.3) is 10.8 Å². The van der Waals surface area contributed by atoms with Gasteiger partial charge in [0.2, 0.25) is 0 Å². The molecule has 1 aliphatic rings. The maximum absolute atomic E-state index is 13.2. The highest BCUT2D eigenvalue weighted by molar-refractivity contribution is 7.17. The van der Waals surface area contributed by atoms with Crippen molar-refractivity contribution in [3.63, 3.8) is 0 Å². The average molecular weight is 352 g/mol. The Kier molecular flexibility index (Phi) is 3.93. The molecule has 2 aromatic heterocycles. The van der Waals surface area contributed by atoms with Crippen LogP contribution < -0.4 is 9.64 Å². The Morgan fingerprint density at radius 1 is 1.24 bits per heavy atom. The summed E-state index contributed by atoms with van der Waals surface area (Å²) in [4.78, 5) is 28.6. The molecule has 0 spiro atoms. The van der Waals surface area contributed by atoms with Gasteiger partial charge in [0.15, 0.2) is 10.8 Å². The van der Waals surface area contributed by atoms with E-state index in [2.05, 4.69) is 15.0 Å². The van der Waals surface area contributed by atoms with Crippen molar-refractivity contribution in [2.45, 2.75) is 19.9 Å². The summed E-state index contributed by atoms with van der Waals surface area (Å²) in [7, 11) is 0. The molecule has 6 nitrogen and oxygen atoms in total. The molecule has 1 aliphatic heterocycles. The number of hydrogen-bond acceptors (Lipinski definition) is 6. The first-order valence-electron chi connectivity index (χ1n) is 7.95. The fraction of sp³-hybridized carbons (Fsp3) is 0.222. The molecule has 0 N–H and O–H groups in total. The zero-order valence-electron chi connectivity index (χ0n) is 13.8. The van der Waals surface area contributed by atoms with Crippen molar-refractivity contribution in [1.29, 1.82) is 0 Å². The third-order valence-electron chi connectivity index (χ3n) is 4.01. The largest absolute Gasteiger partial charge is 0.489 e. The minimum absolute atomic E-state index is 0.0553. The number of carbonyl (C=O) groups is 1. The van der Waals surface area contributed by atoms with Gasteiger partial charge in [0.05, 0.1) is 17.4 Å². The van der Waals surface area contributed by atoms with Gasteiger partial charge in [0.1, 0.15) is 17.2 Å². The van der Waals surface area contributed by atoms with E-state index in [0.717, 1.165) is 11.4 Å². The van der Waals surface area contributed by atoms with E-state index in [9.17, 15) is 4.79 Å². The molecule has 3 aromatic rings. The van der Waals surface area contributed by atoms with Crippen LogP contribution in [0.2, 0.25) is 0 Å². The molecule has 0 bridgehead atoms. The lowest BCUT2D eigenvalue weighted by Gasteiger charge is -2.34. The molecule has 0 aliphatic carbocycles. The summed E-state index contributed by atoms with van der Waals surface area (Å²) >= 11 is 1.32. The number of thiazole rings is 1. The van der Waals surface area contributed by atoms with Crippen LogP contribution in [0.15, 0.2) is 42.7 Å². The number of rotatable bonds is 2. The molecule has 1 atom stereocenters. The van der Waals surface area contributed by atoms with Gasteiger partial charge in [0, 0.05) is 12.4 Å². The predicted octanol–water partition coefficient (Wildman–Crippen LogP) is 3.34. The quantitative estimate of drug-likeness (QED) is 0.707. The number of benzene rings is 1. The second-order valence-corrected chi connectivity index (χ2v) is 6.81. The van der Waals surface area contributed by atoms with Gasteiger partial charge in [-0.05, 0) is 32.0 Å². The van der Waals surface area contributed by atoms with E-state index in [1.165, 1.54) is 11.3 Å².